The third-order valence-corrected chi connectivity index (χ3v) is 9.28. The summed E-state index contributed by atoms with van der Waals surface area (Å²) in [5.74, 6) is -0.115. The van der Waals surface area contributed by atoms with E-state index in [4.69, 9.17) is 0 Å². The Morgan fingerprint density at radius 3 is 1.94 bits per heavy atom. The van der Waals surface area contributed by atoms with E-state index in [1.54, 1.807) is 6.20 Å². The molecule has 0 aliphatic carbocycles. The van der Waals surface area contributed by atoms with Gasteiger partial charge in [0.25, 0.3) is 0 Å². The molecule has 0 aliphatic rings. The Kier molecular flexibility index (Phi) is 6.61. The van der Waals surface area contributed by atoms with Crippen molar-refractivity contribution in [2.45, 2.75) is 0 Å². The zero-order chi connectivity index (χ0) is 22.5. The fourth-order valence-corrected chi connectivity index (χ4v) is 7.80. The van der Waals surface area contributed by atoms with E-state index in [9.17, 15) is 4.79 Å². The summed E-state index contributed by atoms with van der Waals surface area (Å²) in [6.45, 7) is 0. The van der Waals surface area contributed by atoms with Gasteiger partial charge >= 0.3 is 205 Å². The summed E-state index contributed by atoms with van der Waals surface area (Å²) in [6.07, 6.45) is 5.43. The molecule has 33 heavy (non-hydrogen) atoms. The Morgan fingerprint density at radius 2 is 1.30 bits per heavy atom. The first-order valence-corrected chi connectivity index (χ1v) is 13.8. The number of pyridine rings is 2. The topological polar surface area (TPSA) is 54.9 Å². The summed E-state index contributed by atoms with van der Waals surface area (Å²) in [6, 6.07) is 30.3. The van der Waals surface area contributed by atoms with Crippen molar-refractivity contribution in [3.8, 4) is 0 Å². The van der Waals surface area contributed by atoms with Gasteiger partial charge in [0.2, 0.25) is 0 Å². The van der Waals surface area contributed by atoms with Crippen molar-refractivity contribution in [2.75, 3.05) is 5.32 Å². The molecule has 0 saturated heterocycles. The number of carbonyl (C=O) groups excluding carboxylic acids is 1. The maximum atomic E-state index is 13.7. The van der Waals surface area contributed by atoms with Gasteiger partial charge in [-0.05, 0) is 0 Å². The molecule has 0 bridgehead atoms. The summed E-state index contributed by atoms with van der Waals surface area (Å²) in [5.41, 5.74) is 2.23. The Hall–Kier alpha value is -3.27. The van der Waals surface area contributed by atoms with Crippen molar-refractivity contribution in [3.63, 3.8) is 0 Å². The quantitative estimate of drug-likeness (QED) is 0.325. The summed E-state index contributed by atoms with van der Waals surface area (Å²) in [4.78, 5) is 22.7. The van der Waals surface area contributed by atoms with Crippen LogP contribution >= 0.6 is 0 Å². The van der Waals surface area contributed by atoms with Crippen LogP contribution in [0.3, 0.4) is 0 Å². The number of rotatable bonds is 6. The number of hydrogen-bond acceptors (Lipinski definition) is 3. The van der Waals surface area contributed by atoms with E-state index in [1.807, 2.05) is 79.1 Å². The van der Waals surface area contributed by atoms with E-state index in [2.05, 4.69) is 39.6 Å². The number of benzene rings is 3. The van der Waals surface area contributed by atoms with Gasteiger partial charge in [-0.15, -0.1) is 0 Å². The molecule has 160 valence electrons. The Morgan fingerprint density at radius 1 is 0.697 bits per heavy atom. The molecule has 4 nitrogen and oxygen atoms in total. The van der Waals surface area contributed by atoms with Gasteiger partial charge in [-0.2, -0.15) is 0 Å². The molecule has 0 unspecified atom stereocenters. The van der Waals surface area contributed by atoms with Crippen molar-refractivity contribution in [1.82, 2.24) is 9.97 Å². The van der Waals surface area contributed by atoms with E-state index >= 15 is 0 Å². The molecule has 5 rings (SSSR count). The van der Waals surface area contributed by atoms with Gasteiger partial charge in [0.15, 0.2) is 0 Å². The Labute approximate surface area is 204 Å². The number of anilines is 1. The van der Waals surface area contributed by atoms with Gasteiger partial charge in [0.05, 0.1) is 0 Å². The molecule has 6 heteroatoms. The zero-order valence-corrected chi connectivity index (χ0v) is 20.9. The van der Waals surface area contributed by atoms with Crippen molar-refractivity contribution < 1.29 is 4.79 Å². The van der Waals surface area contributed by atoms with Crippen molar-refractivity contribution in [3.05, 3.63) is 115 Å². The van der Waals surface area contributed by atoms with Gasteiger partial charge in [-0.3, -0.25) is 0 Å². The summed E-state index contributed by atoms with van der Waals surface area (Å²) in [7, 11) is 0. The average molecular weight is 559 g/mol. The number of para-hydroxylation sites is 1. The second-order valence-electron chi connectivity index (χ2n) is 7.18. The number of fused-ring (bicyclic) bond motifs is 1. The molecular formula is C27H19N3OSe2. The molecule has 5 aromatic rings. The fraction of sp³-hybridized carbons (Fsp3) is 0. The first-order chi connectivity index (χ1) is 16.3. The van der Waals surface area contributed by atoms with Crippen LogP contribution in [0.1, 0.15) is 10.4 Å². The normalized spacial score (nSPS) is 10.8. The molecule has 1 amide bonds. The molecule has 1 N–H and O–H groups in total. The van der Waals surface area contributed by atoms with E-state index in [0.717, 1.165) is 25.4 Å². The van der Waals surface area contributed by atoms with Crippen LogP contribution in [0.15, 0.2) is 110 Å². The summed E-state index contributed by atoms with van der Waals surface area (Å²) >= 11 is -0.0819. The van der Waals surface area contributed by atoms with Crippen molar-refractivity contribution in [2.24, 2.45) is 0 Å². The number of hydrogen-bond donors (Lipinski definition) is 1. The number of carbonyl (C=O) groups is 1. The van der Waals surface area contributed by atoms with Gasteiger partial charge in [-0.1, -0.05) is 0 Å². The molecule has 2 heterocycles. The predicted octanol–water partition coefficient (Wildman–Crippen LogP) is 2.19. The number of amides is 1. The minimum atomic E-state index is -0.115. The molecule has 0 aliphatic heterocycles. The second kappa shape index (κ2) is 10.1. The molecule has 0 radical (unpaired) electrons. The average Bonchev–Trinajstić information content (AvgIpc) is 2.86. The van der Waals surface area contributed by atoms with E-state index in [1.165, 1.54) is 8.92 Å². The van der Waals surface area contributed by atoms with Crippen LogP contribution in [-0.4, -0.2) is 45.8 Å². The van der Waals surface area contributed by atoms with Crippen LogP contribution in [0.4, 0.5) is 5.69 Å². The van der Waals surface area contributed by atoms with Crippen LogP contribution in [-0.2, 0) is 0 Å². The fourth-order valence-electron chi connectivity index (χ4n) is 3.42. The molecule has 0 atom stereocenters. The summed E-state index contributed by atoms with van der Waals surface area (Å²) in [5, 5.41) is 4.14. The minimum absolute atomic E-state index is 0.0410. The SMILES string of the molecule is O=C(Nc1cccc2cccnc12)c1c([Se]c2ccccc2)cncc1[Se]c1ccccc1. The van der Waals surface area contributed by atoms with Crippen LogP contribution in [0, 0.1) is 0 Å². The van der Waals surface area contributed by atoms with E-state index in [-0.39, 0.29) is 35.8 Å². The van der Waals surface area contributed by atoms with Gasteiger partial charge < -0.3 is 0 Å². The molecule has 0 fully saturated rings. The van der Waals surface area contributed by atoms with Crippen LogP contribution < -0.4 is 23.2 Å². The number of nitrogens with zero attached hydrogens (tertiary/aromatic N) is 2. The van der Waals surface area contributed by atoms with Gasteiger partial charge in [-0.25, -0.2) is 0 Å². The van der Waals surface area contributed by atoms with Crippen LogP contribution in [0.5, 0.6) is 0 Å². The standard InChI is InChI=1S/C27H19N3OSe2/c31-27(30-22-15-7-9-19-10-8-16-29-26(19)22)25-23(32-20-11-3-1-4-12-20)17-28-18-24(25)33-21-13-5-2-6-14-21/h1-18H,(H,30,31). The first-order valence-electron chi connectivity index (χ1n) is 10.4. The molecule has 0 saturated carbocycles. The van der Waals surface area contributed by atoms with Crippen LogP contribution in [0.25, 0.3) is 10.9 Å². The van der Waals surface area contributed by atoms with Crippen molar-refractivity contribution >= 4 is 70.3 Å². The monoisotopic (exact) mass is 561 g/mol. The molecule has 3 aromatic carbocycles. The summed E-state index contributed by atoms with van der Waals surface area (Å²) < 4.78 is 4.37. The van der Waals surface area contributed by atoms with Crippen LogP contribution in [0.2, 0.25) is 0 Å². The Balaban J connectivity index is 1.56. The third kappa shape index (κ3) is 5.05. The predicted molar refractivity (Wildman–Crippen MR) is 137 cm³/mol. The molecule has 0 spiro atoms. The number of nitrogens with one attached hydrogen (secondary N) is 1. The van der Waals surface area contributed by atoms with Gasteiger partial charge in [0.1, 0.15) is 0 Å². The Bertz CT molecular complexity index is 1340. The van der Waals surface area contributed by atoms with E-state index in [0.29, 0.717) is 5.69 Å². The van der Waals surface area contributed by atoms with E-state index < -0.39 is 0 Å². The molecule has 2 aromatic heterocycles. The van der Waals surface area contributed by atoms with Gasteiger partial charge in [0, 0.05) is 0 Å². The number of aromatic nitrogens is 2. The second-order valence-corrected chi connectivity index (χ2v) is 11.9. The molecular weight excluding hydrogens is 540 g/mol. The third-order valence-electron chi connectivity index (χ3n) is 4.93. The zero-order valence-electron chi connectivity index (χ0n) is 17.5. The van der Waals surface area contributed by atoms with Crippen molar-refractivity contribution in [1.29, 1.82) is 0 Å². The first kappa shape index (κ1) is 21.6. The maximum absolute atomic E-state index is 13.7.